The maximum atomic E-state index is 14.2. The molecule has 3 atom stereocenters. The number of esters is 2. The summed E-state index contributed by atoms with van der Waals surface area (Å²) in [5, 5.41) is 5.65. The standard InChI is InChI=1S/C31H37N3O7S/c1-7-16-32-29(38)27-31(5,6)42-18-34(27)30(39)26(41-21(4)36)24(17-22-12-9-8-10-13-22)33-28(37)23-14-11-15-25(19(23)2)40-20(3)35/h7-15,24,26-27H,1,16-18H2,2-6H3,(H,32,38)(H,33,37)/t24?,26?,27-/m1/s1. The number of nitrogens with zero attached hydrogens (tertiary/aromatic N) is 1. The molecule has 2 N–H and O–H groups in total. The van der Waals surface area contributed by atoms with Crippen molar-refractivity contribution in [1.29, 1.82) is 0 Å². The predicted molar refractivity (Wildman–Crippen MR) is 160 cm³/mol. The van der Waals surface area contributed by atoms with E-state index in [1.165, 1.54) is 30.5 Å². The summed E-state index contributed by atoms with van der Waals surface area (Å²) >= 11 is 1.43. The van der Waals surface area contributed by atoms with Crippen LogP contribution in [-0.2, 0) is 30.3 Å². The van der Waals surface area contributed by atoms with E-state index in [0.29, 0.717) is 5.56 Å². The van der Waals surface area contributed by atoms with Gasteiger partial charge in [0.05, 0.1) is 11.9 Å². The maximum Gasteiger partial charge on any atom is 0.308 e. The molecule has 2 aromatic carbocycles. The second-order valence-corrected chi connectivity index (χ2v) is 12.0. The van der Waals surface area contributed by atoms with Crippen LogP contribution < -0.4 is 15.4 Å². The molecule has 0 spiro atoms. The summed E-state index contributed by atoms with van der Waals surface area (Å²) < 4.78 is 10.2. The van der Waals surface area contributed by atoms with Gasteiger partial charge in [0.2, 0.25) is 12.0 Å². The van der Waals surface area contributed by atoms with Crippen LogP contribution in [0.25, 0.3) is 0 Å². The van der Waals surface area contributed by atoms with Gasteiger partial charge in [-0.15, -0.1) is 18.3 Å². The van der Waals surface area contributed by atoms with Gasteiger partial charge in [-0.25, -0.2) is 0 Å². The van der Waals surface area contributed by atoms with E-state index in [4.69, 9.17) is 9.47 Å². The summed E-state index contributed by atoms with van der Waals surface area (Å²) in [6.07, 6.45) is 0.259. The van der Waals surface area contributed by atoms with Crippen molar-refractivity contribution < 1.29 is 33.4 Å². The largest absolute Gasteiger partial charge is 0.450 e. The molecule has 0 aromatic heterocycles. The number of thioether (sulfide) groups is 1. The number of hydrogen-bond acceptors (Lipinski definition) is 8. The SMILES string of the molecule is C=CCNC(=O)[C@H]1N(C(=O)C(OC(C)=O)C(Cc2ccccc2)NC(=O)c2cccc(OC(C)=O)c2C)CSC1(C)C. The van der Waals surface area contributed by atoms with Crippen molar-refractivity contribution >= 4 is 41.4 Å². The number of amides is 3. The van der Waals surface area contributed by atoms with Crippen LogP contribution in [0.1, 0.15) is 49.2 Å². The van der Waals surface area contributed by atoms with Gasteiger partial charge < -0.3 is 25.0 Å². The number of carbonyl (C=O) groups excluding carboxylic acids is 5. The average molecular weight is 596 g/mol. The van der Waals surface area contributed by atoms with E-state index in [-0.39, 0.29) is 36.1 Å². The Morgan fingerprint density at radius 2 is 1.76 bits per heavy atom. The van der Waals surface area contributed by atoms with Crippen LogP contribution >= 0.6 is 11.8 Å². The summed E-state index contributed by atoms with van der Waals surface area (Å²) in [5.74, 6) is -2.35. The van der Waals surface area contributed by atoms with Gasteiger partial charge >= 0.3 is 11.9 Å². The first-order valence-corrected chi connectivity index (χ1v) is 14.5. The van der Waals surface area contributed by atoms with Crippen LogP contribution in [0.3, 0.4) is 0 Å². The third kappa shape index (κ3) is 8.00. The first-order valence-electron chi connectivity index (χ1n) is 13.5. The van der Waals surface area contributed by atoms with Crippen molar-refractivity contribution in [2.45, 2.75) is 64.0 Å². The number of nitrogens with one attached hydrogen (secondary N) is 2. The van der Waals surface area contributed by atoms with E-state index in [1.54, 1.807) is 31.2 Å². The van der Waals surface area contributed by atoms with Crippen molar-refractivity contribution in [3.05, 3.63) is 77.9 Å². The highest BCUT2D eigenvalue weighted by molar-refractivity contribution is 8.00. The lowest BCUT2D eigenvalue weighted by Crippen LogP contribution is -2.59. The van der Waals surface area contributed by atoms with E-state index in [2.05, 4.69) is 17.2 Å². The van der Waals surface area contributed by atoms with Crippen molar-refractivity contribution in [2.75, 3.05) is 12.4 Å². The smallest absolute Gasteiger partial charge is 0.308 e. The monoisotopic (exact) mass is 595 g/mol. The molecular weight excluding hydrogens is 558 g/mol. The Kier molecular flexibility index (Phi) is 10.9. The molecule has 11 heteroatoms. The number of rotatable bonds is 11. The predicted octanol–water partition coefficient (Wildman–Crippen LogP) is 3.18. The quantitative estimate of drug-likeness (QED) is 0.230. The van der Waals surface area contributed by atoms with E-state index < -0.39 is 46.7 Å². The molecule has 1 aliphatic heterocycles. The van der Waals surface area contributed by atoms with E-state index in [0.717, 1.165) is 5.56 Å². The van der Waals surface area contributed by atoms with Crippen molar-refractivity contribution in [3.8, 4) is 5.75 Å². The highest BCUT2D eigenvalue weighted by Crippen LogP contribution is 2.40. The molecule has 1 aliphatic rings. The van der Waals surface area contributed by atoms with Gasteiger partial charge in [-0.05, 0) is 44.9 Å². The van der Waals surface area contributed by atoms with Crippen LogP contribution in [-0.4, -0.2) is 69.9 Å². The molecular formula is C31H37N3O7S. The molecule has 10 nitrogen and oxygen atoms in total. The fourth-order valence-electron chi connectivity index (χ4n) is 4.80. The third-order valence-corrected chi connectivity index (χ3v) is 8.17. The van der Waals surface area contributed by atoms with Crippen LogP contribution in [0.2, 0.25) is 0 Å². The van der Waals surface area contributed by atoms with Gasteiger partial charge in [-0.1, -0.05) is 42.5 Å². The van der Waals surface area contributed by atoms with Gasteiger partial charge in [-0.3, -0.25) is 24.0 Å². The van der Waals surface area contributed by atoms with Crippen LogP contribution in [0.4, 0.5) is 0 Å². The van der Waals surface area contributed by atoms with Crippen molar-refractivity contribution in [1.82, 2.24) is 15.5 Å². The molecule has 224 valence electrons. The Balaban J connectivity index is 2.02. The lowest BCUT2D eigenvalue weighted by Gasteiger charge is -2.34. The topological polar surface area (TPSA) is 131 Å². The number of carbonyl (C=O) groups is 5. The zero-order valence-electron chi connectivity index (χ0n) is 24.5. The molecule has 3 rings (SSSR count). The summed E-state index contributed by atoms with van der Waals surface area (Å²) in [7, 11) is 0. The fourth-order valence-corrected chi connectivity index (χ4v) is 5.94. The zero-order chi connectivity index (χ0) is 31.0. The normalized spacial score (nSPS) is 17.0. The molecule has 3 amide bonds. The third-order valence-electron chi connectivity index (χ3n) is 6.80. The highest BCUT2D eigenvalue weighted by atomic mass is 32.2. The van der Waals surface area contributed by atoms with Crippen molar-refractivity contribution in [2.24, 2.45) is 0 Å². The molecule has 1 heterocycles. The molecule has 0 aliphatic carbocycles. The van der Waals surface area contributed by atoms with Crippen molar-refractivity contribution in [3.63, 3.8) is 0 Å². The Bertz CT molecular complexity index is 1350. The van der Waals surface area contributed by atoms with Crippen LogP contribution in [0, 0.1) is 6.92 Å². The highest BCUT2D eigenvalue weighted by Gasteiger charge is 2.50. The second kappa shape index (κ2) is 14.2. The molecule has 1 saturated heterocycles. The molecule has 0 radical (unpaired) electrons. The minimum Gasteiger partial charge on any atom is -0.450 e. The van der Waals surface area contributed by atoms with Gasteiger partial charge in [0.25, 0.3) is 11.8 Å². The molecule has 0 bridgehead atoms. The molecule has 2 unspecified atom stereocenters. The first-order chi connectivity index (χ1) is 19.9. The average Bonchev–Trinajstić information content (AvgIpc) is 3.25. The van der Waals surface area contributed by atoms with Gasteiger partial charge in [-0.2, -0.15) is 0 Å². The zero-order valence-corrected chi connectivity index (χ0v) is 25.3. The van der Waals surface area contributed by atoms with Gasteiger partial charge in [0, 0.05) is 36.3 Å². The van der Waals surface area contributed by atoms with Crippen LogP contribution in [0.5, 0.6) is 5.75 Å². The Morgan fingerprint density at radius 3 is 2.38 bits per heavy atom. The summed E-state index contributed by atoms with van der Waals surface area (Å²) in [6.45, 7) is 11.7. The van der Waals surface area contributed by atoms with Gasteiger partial charge in [0.15, 0.2) is 0 Å². The molecule has 0 saturated carbocycles. The Morgan fingerprint density at radius 1 is 1.07 bits per heavy atom. The fraction of sp³-hybridized carbons (Fsp3) is 0.387. The van der Waals surface area contributed by atoms with Gasteiger partial charge in [0.1, 0.15) is 11.8 Å². The minimum atomic E-state index is -1.44. The molecule has 1 fully saturated rings. The number of ether oxygens (including phenoxy) is 2. The van der Waals surface area contributed by atoms with E-state index >= 15 is 0 Å². The number of benzene rings is 2. The summed E-state index contributed by atoms with van der Waals surface area (Å²) in [6, 6.07) is 12.0. The van der Waals surface area contributed by atoms with E-state index in [1.807, 2.05) is 44.2 Å². The van der Waals surface area contributed by atoms with Crippen LogP contribution in [0.15, 0.2) is 61.2 Å². The summed E-state index contributed by atoms with van der Waals surface area (Å²) in [4.78, 5) is 66.3. The maximum absolute atomic E-state index is 14.2. The Labute approximate surface area is 250 Å². The van der Waals surface area contributed by atoms with E-state index in [9.17, 15) is 24.0 Å². The Hall–Kier alpha value is -4.12. The molecule has 42 heavy (non-hydrogen) atoms. The lowest BCUT2D eigenvalue weighted by atomic mass is 9.96. The second-order valence-electron chi connectivity index (χ2n) is 10.4. The number of hydrogen-bond donors (Lipinski definition) is 2. The lowest BCUT2D eigenvalue weighted by molar-refractivity contribution is -0.162. The minimum absolute atomic E-state index is 0.149. The molecule has 2 aromatic rings. The summed E-state index contributed by atoms with van der Waals surface area (Å²) in [5.41, 5.74) is 1.44. The first kappa shape index (κ1) is 32.4.